The Kier molecular flexibility index (Phi) is 7.24. The molecule has 1 aromatic heterocycles. The van der Waals surface area contributed by atoms with E-state index in [1.165, 1.54) is 17.8 Å². The van der Waals surface area contributed by atoms with E-state index in [1.54, 1.807) is 23.4 Å². The van der Waals surface area contributed by atoms with E-state index in [1.807, 2.05) is 5.38 Å². The molecule has 0 saturated heterocycles. The molecule has 0 atom stereocenters. The van der Waals surface area contributed by atoms with Crippen LogP contribution in [0.1, 0.15) is 48.9 Å². The first kappa shape index (κ1) is 18.4. The summed E-state index contributed by atoms with van der Waals surface area (Å²) < 4.78 is 5.01. The van der Waals surface area contributed by atoms with Gasteiger partial charge < -0.3 is 15.0 Å². The lowest BCUT2D eigenvalue weighted by molar-refractivity contribution is -0.152. The van der Waals surface area contributed by atoms with E-state index in [4.69, 9.17) is 4.74 Å². The first-order chi connectivity index (χ1) is 11.6. The maximum atomic E-state index is 12.1. The van der Waals surface area contributed by atoms with Gasteiger partial charge in [-0.15, -0.1) is 0 Å². The Morgan fingerprint density at radius 2 is 2.04 bits per heavy atom. The number of nitrogens with zero attached hydrogens (tertiary/aromatic N) is 1. The smallest absolute Gasteiger partial charge is 0.308 e. The van der Waals surface area contributed by atoms with Gasteiger partial charge in [-0.25, -0.2) is 0 Å². The summed E-state index contributed by atoms with van der Waals surface area (Å²) in [6.45, 7) is -0.0372. The molecule has 0 unspecified atom stereocenters. The quantitative estimate of drug-likeness (QED) is 0.764. The van der Waals surface area contributed by atoms with Gasteiger partial charge in [-0.3, -0.25) is 14.4 Å². The van der Waals surface area contributed by atoms with E-state index in [-0.39, 0.29) is 37.4 Å². The highest BCUT2D eigenvalue weighted by Crippen LogP contribution is 2.21. The lowest BCUT2D eigenvalue weighted by Crippen LogP contribution is -2.40. The molecule has 0 bridgehead atoms. The van der Waals surface area contributed by atoms with Gasteiger partial charge in [-0.2, -0.15) is 11.3 Å². The molecule has 7 heteroatoms. The zero-order chi connectivity index (χ0) is 17.4. The molecule has 2 amide bonds. The normalized spacial score (nSPS) is 14.9. The molecule has 1 heterocycles. The Morgan fingerprint density at radius 1 is 1.29 bits per heavy atom. The van der Waals surface area contributed by atoms with Crippen molar-refractivity contribution in [1.29, 1.82) is 0 Å². The molecular formula is C17H24N2O4S. The lowest BCUT2D eigenvalue weighted by Gasteiger charge is -2.31. The van der Waals surface area contributed by atoms with Crippen molar-refractivity contribution in [3.8, 4) is 0 Å². The zero-order valence-electron chi connectivity index (χ0n) is 14.0. The molecule has 1 aliphatic carbocycles. The van der Waals surface area contributed by atoms with E-state index in [2.05, 4.69) is 5.32 Å². The summed E-state index contributed by atoms with van der Waals surface area (Å²) in [5, 5.41) is 6.21. The monoisotopic (exact) mass is 352 g/mol. The highest BCUT2D eigenvalue weighted by Gasteiger charge is 2.22. The second kappa shape index (κ2) is 9.42. The van der Waals surface area contributed by atoms with Crippen molar-refractivity contribution >= 4 is 29.1 Å². The molecular weight excluding hydrogens is 328 g/mol. The van der Waals surface area contributed by atoms with Gasteiger partial charge in [0.05, 0.1) is 6.42 Å². The molecule has 6 nitrogen and oxygen atoms in total. The number of thiophene rings is 1. The van der Waals surface area contributed by atoms with E-state index in [0.29, 0.717) is 5.56 Å². The second-order valence-electron chi connectivity index (χ2n) is 5.98. The third kappa shape index (κ3) is 5.63. The van der Waals surface area contributed by atoms with Gasteiger partial charge in [0, 0.05) is 30.6 Å². The number of amides is 2. The summed E-state index contributed by atoms with van der Waals surface area (Å²) in [5.41, 5.74) is 0.581. The molecule has 1 saturated carbocycles. The number of hydrogen-bond acceptors (Lipinski definition) is 5. The fraction of sp³-hybridized carbons (Fsp3) is 0.588. The number of esters is 1. The molecule has 1 N–H and O–H groups in total. The third-order valence-corrected chi connectivity index (χ3v) is 4.95. The Morgan fingerprint density at radius 3 is 2.71 bits per heavy atom. The molecule has 0 radical (unpaired) electrons. The first-order valence-electron chi connectivity index (χ1n) is 8.29. The number of nitrogens with one attached hydrogen (secondary N) is 1. The fourth-order valence-corrected chi connectivity index (χ4v) is 3.40. The summed E-state index contributed by atoms with van der Waals surface area (Å²) in [5.74, 6) is -0.860. The molecule has 0 spiro atoms. The largest absolute Gasteiger partial charge is 0.456 e. The molecule has 1 fully saturated rings. The van der Waals surface area contributed by atoms with Crippen LogP contribution < -0.4 is 5.32 Å². The lowest BCUT2D eigenvalue weighted by atomic mass is 9.94. The maximum absolute atomic E-state index is 12.1. The van der Waals surface area contributed by atoms with E-state index >= 15 is 0 Å². The standard InChI is InChI=1S/C17H24N2O4S/c1-19(14-5-3-2-4-6-14)15(20)11-23-16(21)7-9-18-17(22)13-8-10-24-12-13/h8,10,12,14H,2-7,9,11H2,1H3,(H,18,22). The highest BCUT2D eigenvalue weighted by molar-refractivity contribution is 7.08. The zero-order valence-corrected chi connectivity index (χ0v) is 14.8. The predicted molar refractivity (Wildman–Crippen MR) is 91.9 cm³/mol. The summed E-state index contributed by atoms with van der Waals surface area (Å²) >= 11 is 1.44. The summed E-state index contributed by atoms with van der Waals surface area (Å²) in [6.07, 6.45) is 5.61. The van der Waals surface area contributed by atoms with Gasteiger partial charge >= 0.3 is 5.97 Å². The van der Waals surface area contributed by atoms with Crippen molar-refractivity contribution in [1.82, 2.24) is 10.2 Å². The van der Waals surface area contributed by atoms with Crippen LogP contribution in [0.5, 0.6) is 0 Å². The van der Waals surface area contributed by atoms with Crippen LogP contribution in [0.4, 0.5) is 0 Å². The van der Waals surface area contributed by atoms with Crippen LogP contribution in [0.3, 0.4) is 0 Å². The third-order valence-electron chi connectivity index (χ3n) is 4.27. The summed E-state index contributed by atoms with van der Waals surface area (Å²) in [4.78, 5) is 37.1. The van der Waals surface area contributed by atoms with Gasteiger partial charge in [0.25, 0.3) is 11.8 Å². The van der Waals surface area contributed by atoms with E-state index in [0.717, 1.165) is 25.7 Å². The van der Waals surface area contributed by atoms with Crippen molar-refractivity contribution < 1.29 is 19.1 Å². The molecule has 132 valence electrons. The fourth-order valence-electron chi connectivity index (χ4n) is 2.76. The Balaban J connectivity index is 1.61. The number of hydrogen-bond donors (Lipinski definition) is 1. The Bertz CT molecular complexity index is 553. The number of ether oxygens (including phenoxy) is 1. The van der Waals surface area contributed by atoms with Crippen molar-refractivity contribution in [2.24, 2.45) is 0 Å². The number of rotatable bonds is 7. The minimum atomic E-state index is -0.481. The van der Waals surface area contributed by atoms with Crippen LogP contribution in [0.15, 0.2) is 16.8 Å². The number of carbonyl (C=O) groups excluding carboxylic acids is 3. The minimum absolute atomic E-state index is 0.0519. The molecule has 1 aromatic rings. The average molecular weight is 352 g/mol. The predicted octanol–water partition coefficient (Wildman–Crippen LogP) is 2.20. The average Bonchev–Trinajstić information content (AvgIpc) is 3.14. The molecule has 0 aromatic carbocycles. The number of carbonyl (C=O) groups is 3. The molecule has 24 heavy (non-hydrogen) atoms. The van der Waals surface area contributed by atoms with Crippen LogP contribution in [0.2, 0.25) is 0 Å². The van der Waals surface area contributed by atoms with Crippen LogP contribution in [0, 0.1) is 0 Å². The number of likely N-dealkylation sites (N-methyl/N-ethyl adjacent to an activating group) is 1. The van der Waals surface area contributed by atoms with Crippen LogP contribution in [-0.4, -0.2) is 48.9 Å². The van der Waals surface area contributed by atoms with Crippen LogP contribution >= 0.6 is 11.3 Å². The Labute approximate surface area is 146 Å². The topological polar surface area (TPSA) is 75.7 Å². The van der Waals surface area contributed by atoms with Crippen molar-refractivity contribution in [2.45, 2.75) is 44.6 Å². The van der Waals surface area contributed by atoms with E-state index < -0.39 is 5.97 Å². The molecule has 2 rings (SSSR count). The highest BCUT2D eigenvalue weighted by atomic mass is 32.1. The van der Waals surface area contributed by atoms with Crippen LogP contribution in [-0.2, 0) is 14.3 Å². The molecule has 0 aliphatic heterocycles. The van der Waals surface area contributed by atoms with Gasteiger partial charge in [0.2, 0.25) is 0 Å². The van der Waals surface area contributed by atoms with Crippen molar-refractivity contribution in [3.63, 3.8) is 0 Å². The minimum Gasteiger partial charge on any atom is -0.456 e. The first-order valence-corrected chi connectivity index (χ1v) is 9.24. The summed E-state index contributed by atoms with van der Waals surface area (Å²) in [6, 6.07) is 1.98. The SMILES string of the molecule is CN(C(=O)COC(=O)CCNC(=O)c1ccsc1)C1CCCCC1. The van der Waals surface area contributed by atoms with Crippen LogP contribution in [0.25, 0.3) is 0 Å². The van der Waals surface area contributed by atoms with Crippen molar-refractivity contribution in [2.75, 3.05) is 20.2 Å². The Hall–Kier alpha value is -1.89. The van der Waals surface area contributed by atoms with Crippen molar-refractivity contribution in [3.05, 3.63) is 22.4 Å². The molecule has 1 aliphatic rings. The summed E-state index contributed by atoms with van der Waals surface area (Å²) in [7, 11) is 1.77. The maximum Gasteiger partial charge on any atom is 0.308 e. The van der Waals surface area contributed by atoms with Gasteiger partial charge in [-0.1, -0.05) is 19.3 Å². The van der Waals surface area contributed by atoms with Gasteiger partial charge in [-0.05, 0) is 24.3 Å². The van der Waals surface area contributed by atoms with Gasteiger partial charge in [0.15, 0.2) is 6.61 Å². The second-order valence-corrected chi connectivity index (χ2v) is 6.76. The van der Waals surface area contributed by atoms with E-state index in [9.17, 15) is 14.4 Å². The van der Waals surface area contributed by atoms with Gasteiger partial charge in [0.1, 0.15) is 0 Å².